The number of carboxylic acids is 1. The number of benzene rings is 2. The summed E-state index contributed by atoms with van der Waals surface area (Å²) in [5.74, 6) is 0.316. The van der Waals surface area contributed by atoms with E-state index in [1.165, 1.54) is 5.56 Å². The smallest absolute Gasteiger partial charge is 0.335 e. The van der Waals surface area contributed by atoms with Crippen molar-refractivity contribution in [3.63, 3.8) is 0 Å². The van der Waals surface area contributed by atoms with Crippen molar-refractivity contribution in [3.8, 4) is 5.75 Å². The molecule has 0 aromatic heterocycles. The van der Waals surface area contributed by atoms with Gasteiger partial charge in [-0.1, -0.05) is 38.1 Å². The lowest BCUT2D eigenvalue weighted by Gasteiger charge is -2.10. The largest absolute Gasteiger partial charge is 0.489 e. The fourth-order valence-electron chi connectivity index (χ4n) is 2.04. The second-order valence-electron chi connectivity index (χ2n) is 5.17. The Labute approximate surface area is 125 Å². The molecule has 0 fully saturated rings. The Morgan fingerprint density at radius 3 is 2.24 bits per heavy atom. The van der Waals surface area contributed by atoms with Gasteiger partial charge in [0.2, 0.25) is 0 Å². The topological polar surface area (TPSA) is 46.5 Å². The molecule has 2 rings (SSSR count). The fourth-order valence-corrected chi connectivity index (χ4v) is 2.04. The third-order valence-electron chi connectivity index (χ3n) is 3.67. The number of aromatic carboxylic acids is 1. The SMILES string of the molecule is CCC(C)c1ccc(COc2ccc(C(=O)O)cc2)cc1. The fraction of sp³-hybridized carbons (Fsp3) is 0.278. The molecule has 0 amide bonds. The highest BCUT2D eigenvalue weighted by molar-refractivity contribution is 5.87. The highest BCUT2D eigenvalue weighted by Gasteiger charge is 2.04. The first-order valence-electron chi connectivity index (χ1n) is 7.15. The van der Waals surface area contributed by atoms with E-state index in [0.717, 1.165) is 12.0 Å². The first kappa shape index (κ1) is 15.1. The lowest BCUT2D eigenvalue weighted by atomic mass is 9.98. The summed E-state index contributed by atoms with van der Waals surface area (Å²) in [6, 6.07) is 14.9. The van der Waals surface area contributed by atoms with Crippen molar-refractivity contribution < 1.29 is 14.6 Å². The van der Waals surface area contributed by atoms with Gasteiger partial charge in [-0.2, -0.15) is 0 Å². The Balaban J connectivity index is 1.95. The molecule has 0 saturated heterocycles. The van der Waals surface area contributed by atoms with E-state index >= 15 is 0 Å². The molecule has 21 heavy (non-hydrogen) atoms. The first-order valence-corrected chi connectivity index (χ1v) is 7.15. The Bertz CT molecular complexity index is 585. The summed E-state index contributed by atoms with van der Waals surface area (Å²) in [5.41, 5.74) is 2.71. The number of rotatable bonds is 6. The Hall–Kier alpha value is -2.29. The van der Waals surface area contributed by atoms with Gasteiger partial charge in [-0.3, -0.25) is 0 Å². The van der Waals surface area contributed by atoms with E-state index in [1.54, 1.807) is 24.3 Å². The van der Waals surface area contributed by atoms with Crippen LogP contribution >= 0.6 is 0 Å². The molecular formula is C18H20O3. The van der Waals surface area contributed by atoms with Crippen molar-refractivity contribution in [1.82, 2.24) is 0 Å². The predicted molar refractivity (Wildman–Crippen MR) is 82.9 cm³/mol. The maximum atomic E-state index is 10.8. The third-order valence-corrected chi connectivity index (χ3v) is 3.67. The molecule has 1 atom stereocenters. The van der Waals surface area contributed by atoms with Crippen molar-refractivity contribution in [2.24, 2.45) is 0 Å². The molecule has 0 spiro atoms. The molecule has 110 valence electrons. The van der Waals surface area contributed by atoms with Crippen molar-refractivity contribution in [2.75, 3.05) is 0 Å². The van der Waals surface area contributed by atoms with Crippen molar-refractivity contribution >= 4 is 5.97 Å². The molecule has 2 aromatic carbocycles. The molecule has 0 aliphatic rings. The summed E-state index contributed by atoms with van der Waals surface area (Å²) in [5, 5.41) is 8.83. The van der Waals surface area contributed by atoms with Crippen molar-refractivity contribution in [3.05, 3.63) is 65.2 Å². The van der Waals surface area contributed by atoms with Crippen LogP contribution in [0.15, 0.2) is 48.5 Å². The second-order valence-corrected chi connectivity index (χ2v) is 5.17. The van der Waals surface area contributed by atoms with Gasteiger partial charge in [0.25, 0.3) is 0 Å². The number of carbonyl (C=O) groups is 1. The Morgan fingerprint density at radius 1 is 1.10 bits per heavy atom. The standard InChI is InChI=1S/C18H20O3/c1-3-13(2)15-6-4-14(5-7-15)12-21-17-10-8-16(9-11-17)18(19)20/h4-11,13H,3,12H2,1-2H3,(H,19,20). The summed E-state index contributed by atoms with van der Waals surface area (Å²) >= 11 is 0. The van der Waals surface area contributed by atoms with E-state index < -0.39 is 5.97 Å². The summed E-state index contributed by atoms with van der Waals surface area (Å²) in [7, 11) is 0. The summed E-state index contributed by atoms with van der Waals surface area (Å²) < 4.78 is 5.66. The maximum absolute atomic E-state index is 10.8. The average Bonchev–Trinajstić information content (AvgIpc) is 2.53. The quantitative estimate of drug-likeness (QED) is 0.850. The van der Waals surface area contributed by atoms with Gasteiger partial charge in [0, 0.05) is 0 Å². The molecule has 1 unspecified atom stereocenters. The molecule has 2 aromatic rings. The number of ether oxygens (including phenoxy) is 1. The molecule has 3 nitrogen and oxygen atoms in total. The molecular weight excluding hydrogens is 264 g/mol. The zero-order valence-electron chi connectivity index (χ0n) is 12.4. The Morgan fingerprint density at radius 2 is 1.71 bits per heavy atom. The maximum Gasteiger partial charge on any atom is 0.335 e. The zero-order chi connectivity index (χ0) is 15.2. The van der Waals surface area contributed by atoms with E-state index in [9.17, 15) is 4.79 Å². The highest BCUT2D eigenvalue weighted by Crippen LogP contribution is 2.20. The van der Waals surface area contributed by atoms with Crippen LogP contribution in [0.3, 0.4) is 0 Å². The number of hydrogen-bond acceptors (Lipinski definition) is 2. The van der Waals surface area contributed by atoms with Gasteiger partial charge in [0.1, 0.15) is 12.4 Å². The molecule has 0 radical (unpaired) electrons. The van der Waals surface area contributed by atoms with Crippen LogP contribution in [0.4, 0.5) is 0 Å². The minimum absolute atomic E-state index is 0.264. The van der Waals surface area contributed by atoms with Crippen LogP contribution in [0.5, 0.6) is 5.75 Å². The number of hydrogen-bond donors (Lipinski definition) is 1. The van der Waals surface area contributed by atoms with Gasteiger partial charge in [-0.25, -0.2) is 4.79 Å². The lowest BCUT2D eigenvalue weighted by molar-refractivity contribution is 0.0697. The average molecular weight is 284 g/mol. The molecule has 3 heteroatoms. The van der Waals surface area contributed by atoms with Crippen LogP contribution < -0.4 is 4.74 Å². The summed E-state index contributed by atoms with van der Waals surface area (Å²) in [6.07, 6.45) is 1.13. The molecule has 0 saturated carbocycles. The van der Waals surface area contributed by atoms with Gasteiger partial charge >= 0.3 is 5.97 Å². The van der Waals surface area contributed by atoms with Gasteiger partial charge < -0.3 is 9.84 Å². The summed E-state index contributed by atoms with van der Waals surface area (Å²) in [4.78, 5) is 10.8. The van der Waals surface area contributed by atoms with Crippen LogP contribution in [-0.4, -0.2) is 11.1 Å². The highest BCUT2D eigenvalue weighted by atomic mass is 16.5. The van der Waals surface area contributed by atoms with Crippen LogP contribution in [-0.2, 0) is 6.61 Å². The van der Waals surface area contributed by atoms with Gasteiger partial charge in [-0.15, -0.1) is 0 Å². The third kappa shape index (κ3) is 4.09. The zero-order valence-corrected chi connectivity index (χ0v) is 12.4. The second kappa shape index (κ2) is 6.93. The van der Waals surface area contributed by atoms with Crippen LogP contribution in [0.1, 0.15) is 47.7 Å². The van der Waals surface area contributed by atoms with Gasteiger partial charge in [-0.05, 0) is 47.7 Å². The van der Waals surface area contributed by atoms with E-state index in [2.05, 4.69) is 38.1 Å². The van der Waals surface area contributed by atoms with Crippen LogP contribution in [0.2, 0.25) is 0 Å². The normalized spacial score (nSPS) is 11.9. The molecule has 0 aliphatic carbocycles. The molecule has 1 N–H and O–H groups in total. The van der Waals surface area contributed by atoms with Gasteiger partial charge in [0.15, 0.2) is 0 Å². The van der Waals surface area contributed by atoms with Gasteiger partial charge in [0.05, 0.1) is 5.56 Å². The van der Waals surface area contributed by atoms with Crippen molar-refractivity contribution in [1.29, 1.82) is 0 Å². The molecule has 0 heterocycles. The minimum Gasteiger partial charge on any atom is -0.489 e. The number of carboxylic acid groups (broad SMARTS) is 1. The van der Waals surface area contributed by atoms with E-state index in [-0.39, 0.29) is 5.56 Å². The van der Waals surface area contributed by atoms with E-state index in [4.69, 9.17) is 9.84 Å². The predicted octanol–water partition coefficient (Wildman–Crippen LogP) is 4.48. The van der Waals surface area contributed by atoms with E-state index in [0.29, 0.717) is 18.3 Å². The Kier molecular flexibility index (Phi) is 4.99. The lowest BCUT2D eigenvalue weighted by Crippen LogP contribution is -1.98. The monoisotopic (exact) mass is 284 g/mol. The van der Waals surface area contributed by atoms with E-state index in [1.807, 2.05) is 0 Å². The van der Waals surface area contributed by atoms with Crippen molar-refractivity contribution in [2.45, 2.75) is 32.8 Å². The minimum atomic E-state index is -0.929. The van der Waals surface area contributed by atoms with Crippen LogP contribution in [0, 0.1) is 0 Å². The molecule has 0 bridgehead atoms. The molecule has 0 aliphatic heterocycles. The summed E-state index contributed by atoms with van der Waals surface area (Å²) in [6.45, 7) is 4.88. The first-order chi connectivity index (χ1) is 10.1. The van der Waals surface area contributed by atoms with Crippen LogP contribution in [0.25, 0.3) is 0 Å².